The Kier molecular flexibility index (Phi) is 8.06. The molecule has 0 spiro atoms. The molecule has 1 atom stereocenters. The molecule has 0 saturated heterocycles. The summed E-state index contributed by atoms with van der Waals surface area (Å²) in [6.45, 7) is 1.72. The predicted molar refractivity (Wildman–Crippen MR) is 138 cm³/mol. The van der Waals surface area contributed by atoms with Gasteiger partial charge in [0.25, 0.3) is 5.91 Å². The van der Waals surface area contributed by atoms with Gasteiger partial charge in [-0.15, -0.1) is 0 Å². The molecule has 1 aliphatic rings. The number of aromatic nitrogens is 2. The normalized spacial score (nSPS) is 17.0. The van der Waals surface area contributed by atoms with Gasteiger partial charge >= 0.3 is 6.18 Å². The van der Waals surface area contributed by atoms with E-state index in [0.29, 0.717) is 29.7 Å². The first-order chi connectivity index (χ1) is 19.4. The molecule has 1 aliphatic heterocycles. The summed E-state index contributed by atoms with van der Waals surface area (Å²) in [6.07, 6.45) is -3.41. The number of hydrogen-bond donors (Lipinski definition) is 2. The number of nitrogens with one attached hydrogen (secondary N) is 2. The lowest BCUT2D eigenvalue weighted by molar-refractivity contribution is -0.153. The molecule has 2 amide bonds. The Morgan fingerprint density at radius 3 is 2.38 bits per heavy atom. The van der Waals surface area contributed by atoms with Crippen LogP contribution in [0.1, 0.15) is 35.5 Å². The molecule has 2 aromatic carbocycles. The number of aryl methyl sites for hydroxylation is 1. The number of nitrogens with zero attached hydrogens (tertiary/aromatic N) is 2. The maximum absolute atomic E-state index is 14.1. The van der Waals surface area contributed by atoms with Crippen molar-refractivity contribution in [1.82, 2.24) is 15.1 Å². The van der Waals surface area contributed by atoms with Gasteiger partial charge in [-0.3, -0.25) is 14.3 Å². The number of rotatable bonds is 8. The van der Waals surface area contributed by atoms with Gasteiger partial charge in [0.05, 0.1) is 12.1 Å². The smallest absolute Gasteiger partial charge is 0.422 e. The SMILES string of the molecule is CCc1cc(OCC(F)(F)F)ccc1[C@@]1(C)Cn2nc(-c3cc(F)c(F)c(F)c3)c(NC(=O)CS(C)(=O)=O)c2C(=O)N1. The van der Waals surface area contributed by atoms with E-state index in [9.17, 15) is 44.3 Å². The second-order valence-corrected chi connectivity index (χ2v) is 12.1. The van der Waals surface area contributed by atoms with Crippen LogP contribution in [0.2, 0.25) is 0 Å². The molecule has 1 aromatic heterocycles. The Hall–Kier alpha value is -4.08. The molecule has 0 bridgehead atoms. The number of hydrogen-bond acceptors (Lipinski definition) is 6. The summed E-state index contributed by atoms with van der Waals surface area (Å²) >= 11 is 0. The van der Waals surface area contributed by atoms with Gasteiger partial charge in [-0.25, -0.2) is 21.6 Å². The predicted octanol–water partition coefficient (Wildman–Crippen LogP) is 4.11. The van der Waals surface area contributed by atoms with E-state index in [2.05, 4.69) is 15.7 Å². The molecule has 0 fully saturated rings. The molecular weight excluding hydrogens is 594 g/mol. The zero-order valence-electron chi connectivity index (χ0n) is 22.3. The number of amides is 2. The van der Waals surface area contributed by atoms with Crippen LogP contribution in [0.15, 0.2) is 30.3 Å². The van der Waals surface area contributed by atoms with Crippen LogP contribution in [0.3, 0.4) is 0 Å². The first kappa shape index (κ1) is 30.9. The zero-order chi connectivity index (χ0) is 31.2. The molecule has 2 heterocycles. The van der Waals surface area contributed by atoms with Crippen LogP contribution in [-0.2, 0) is 33.1 Å². The van der Waals surface area contributed by atoms with E-state index in [1.165, 1.54) is 18.2 Å². The zero-order valence-corrected chi connectivity index (χ0v) is 23.1. The average Bonchev–Trinajstić information content (AvgIpc) is 3.21. The molecule has 4 rings (SSSR count). The fourth-order valence-corrected chi connectivity index (χ4v) is 5.24. The van der Waals surface area contributed by atoms with Crippen molar-refractivity contribution in [2.75, 3.05) is 23.9 Å². The van der Waals surface area contributed by atoms with Gasteiger partial charge in [0, 0.05) is 11.8 Å². The van der Waals surface area contributed by atoms with Crippen LogP contribution in [0, 0.1) is 17.5 Å². The van der Waals surface area contributed by atoms with Gasteiger partial charge < -0.3 is 15.4 Å². The number of carbonyl (C=O) groups excluding carboxylic acids is 2. The van der Waals surface area contributed by atoms with Crippen molar-refractivity contribution in [1.29, 1.82) is 0 Å². The number of benzene rings is 2. The van der Waals surface area contributed by atoms with Gasteiger partial charge in [-0.2, -0.15) is 18.3 Å². The topological polar surface area (TPSA) is 119 Å². The molecular formula is C26H24F6N4O5S. The van der Waals surface area contributed by atoms with E-state index >= 15 is 0 Å². The third kappa shape index (κ3) is 6.53. The lowest BCUT2D eigenvalue weighted by Gasteiger charge is -2.37. The molecule has 3 aromatic rings. The molecule has 9 nitrogen and oxygen atoms in total. The molecule has 226 valence electrons. The summed E-state index contributed by atoms with van der Waals surface area (Å²) in [6, 6.07) is 5.40. The van der Waals surface area contributed by atoms with Crippen molar-refractivity contribution < 1.29 is 49.1 Å². The highest BCUT2D eigenvalue weighted by Crippen LogP contribution is 2.38. The summed E-state index contributed by atoms with van der Waals surface area (Å²) in [7, 11) is -3.82. The van der Waals surface area contributed by atoms with Crippen molar-refractivity contribution >= 4 is 27.3 Å². The second kappa shape index (κ2) is 11.0. The summed E-state index contributed by atoms with van der Waals surface area (Å²) in [5, 5.41) is 9.32. The molecule has 42 heavy (non-hydrogen) atoms. The molecule has 16 heteroatoms. The van der Waals surface area contributed by atoms with E-state index in [1.54, 1.807) is 13.8 Å². The van der Waals surface area contributed by atoms with E-state index in [-0.39, 0.29) is 34.9 Å². The minimum atomic E-state index is -4.55. The quantitative estimate of drug-likeness (QED) is 0.290. The monoisotopic (exact) mass is 618 g/mol. The van der Waals surface area contributed by atoms with Crippen molar-refractivity contribution in [2.45, 2.75) is 38.5 Å². The van der Waals surface area contributed by atoms with Crippen molar-refractivity contribution in [2.24, 2.45) is 0 Å². The van der Waals surface area contributed by atoms with Crippen LogP contribution in [0.25, 0.3) is 11.3 Å². The van der Waals surface area contributed by atoms with Gasteiger partial charge in [0.1, 0.15) is 22.9 Å². The van der Waals surface area contributed by atoms with Crippen LogP contribution in [0.5, 0.6) is 5.75 Å². The first-order valence-corrected chi connectivity index (χ1v) is 14.4. The highest BCUT2D eigenvalue weighted by molar-refractivity contribution is 7.91. The number of ether oxygens (including phenoxy) is 1. The Morgan fingerprint density at radius 2 is 1.81 bits per heavy atom. The lowest BCUT2D eigenvalue weighted by Crippen LogP contribution is -2.52. The molecule has 0 radical (unpaired) electrons. The van der Waals surface area contributed by atoms with Gasteiger partial charge in [0.2, 0.25) is 5.91 Å². The standard InChI is InChI=1S/C26H24F6N4O5S/c1-4-13-7-15(41-12-26(30,31)32)5-6-16(13)25(2)11-36-23(24(38)34-25)22(33-19(37)10-42(3,39)40)21(35-36)14-8-17(27)20(29)18(28)9-14/h5-9H,4,10-12H2,1-3H3,(H,33,37)(H,34,38)/t25-/m1/s1. The maximum Gasteiger partial charge on any atom is 0.422 e. The van der Waals surface area contributed by atoms with Crippen LogP contribution >= 0.6 is 0 Å². The number of carbonyl (C=O) groups is 2. The number of fused-ring (bicyclic) bond motifs is 1. The van der Waals surface area contributed by atoms with Crippen LogP contribution in [0.4, 0.5) is 32.0 Å². The van der Waals surface area contributed by atoms with E-state index in [0.717, 1.165) is 10.9 Å². The largest absolute Gasteiger partial charge is 0.484 e. The Bertz CT molecular complexity index is 1670. The van der Waals surface area contributed by atoms with Crippen molar-refractivity contribution in [3.63, 3.8) is 0 Å². The van der Waals surface area contributed by atoms with E-state index in [4.69, 9.17) is 4.74 Å². The number of alkyl halides is 3. The highest BCUT2D eigenvalue weighted by atomic mass is 32.2. The van der Waals surface area contributed by atoms with Crippen LogP contribution < -0.4 is 15.4 Å². The number of sulfone groups is 1. The minimum absolute atomic E-state index is 0.0445. The summed E-state index contributed by atoms with van der Waals surface area (Å²) < 4.78 is 109. The molecule has 0 saturated carbocycles. The van der Waals surface area contributed by atoms with Gasteiger partial charge in [-0.05, 0) is 48.7 Å². The van der Waals surface area contributed by atoms with E-state index in [1.807, 2.05) is 0 Å². The average molecular weight is 619 g/mol. The molecule has 0 unspecified atom stereocenters. The van der Waals surface area contributed by atoms with Gasteiger partial charge in [0.15, 0.2) is 39.6 Å². The third-order valence-electron chi connectivity index (χ3n) is 6.39. The minimum Gasteiger partial charge on any atom is -0.484 e. The van der Waals surface area contributed by atoms with E-state index < -0.39 is 63.2 Å². The third-order valence-corrected chi connectivity index (χ3v) is 7.18. The Labute approximate surface area is 235 Å². The fourth-order valence-electron chi connectivity index (χ4n) is 4.69. The summed E-state index contributed by atoms with van der Waals surface area (Å²) in [5.74, 6) is -7.81. The van der Waals surface area contributed by atoms with Crippen molar-refractivity contribution in [3.05, 3.63) is 64.6 Å². The van der Waals surface area contributed by atoms with Crippen molar-refractivity contribution in [3.8, 4) is 17.0 Å². The molecule has 0 aliphatic carbocycles. The summed E-state index contributed by atoms with van der Waals surface area (Å²) in [4.78, 5) is 26.0. The highest BCUT2D eigenvalue weighted by Gasteiger charge is 2.41. The number of anilines is 1. The number of halogens is 6. The maximum atomic E-state index is 14.1. The first-order valence-electron chi connectivity index (χ1n) is 12.3. The Morgan fingerprint density at radius 1 is 1.17 bits per heavy atom. The summed E-state index contributed by atoms with van der Waals surface area (Å²) in [5.41, 5.74) is -1.51. The second-order valence-electron chi connectivity index (χ2n) is 9.96. The van der Waals surface area contributed by atoms with Crippen LogP contribution in [-0.4, -0.2) is 54.8 Å². The van der Waals surface area contributed by atoms with Gasteiger partial charge in [-0.1, -0.05) is 13.0 Å². The fraction of sp³-hybridized carbons (Fsp3) is 0.346. The molecule has 2 N–H and O–H groups in total. The Balaban J connectivity index is 1.80. The lowest BCUT2D eigenvalue weighted by atomic mass is 9.85.